The van der Waals surface area contributed by atoms with Crippen molar-refractivity contribution in [2.45, 2.75) is 26.3 Å². The molecule has 0 aliphatic carbocycles. The molecule has 1 N–H and O–H groups in total. The molecule has 1 unspecified atom stereocenters. The summed E-state index contributed by atoms with van der Waals surface area (Å²) in [6.07, 6.45) is 0.772. The molecule has 1 amide bonds. The van der Waals surface area contributed by atoms with E-state index in [0.717, 1.165) is 12.0 Å². The third-order valence-electron chi connectivity index (χ3n) is 4.78. The summed E-state index contributed by atoms with van der Waals surface area (Å²) >= 11 is 0. The zero-order chi connectivity index (χ0) is 20.7. The Labute approximate surface area is 166 Å². The van der Waals surface area contributed by atoms with Crippen molar-refractivity contribution in [1.29, 1.82) is 0 Å². The normalized spacial score (nSPS) is 11.8. The number of carbonyl (C=O) groups is 2. The van der Waals surface area contributed by atoms with E-state index in [1.165, 1.54) is 6.92 Å². The zero-order valence-corrected chi connectivity index (χ0v) is 17.1. The third kappa shape index (κ3) is 5.57. The highest BCUT2D eigenvalue weighted by Crippen LogP contribution is 2.27. The largest absolute Gasteiger partial charge is 0.493 e. The molecule has 0 bridgehead atoms. The Morgan fingerprint density at radius 3 is 2.43 bits per heavy atom. The molecule has 0 saturated carbocycles. The molecule has 0 aliphatic heterocycles. The maximum Gasteiger partial charge on any atom is 0.241 e. The average molecular weight is 384 g/mol. The molecular formula is C22H28N2O4. The number of likely N-dealkylation sites (N-methyl/N-ethyl adjacent to an activating group) is 1. The lowest BCUT2D eigenvalue weighted by Gasteiger charge is -2.24. The van der Waals surface area contributed by atoms with Gasteiger partial charge in [0.25, 0.3) is 0 Å². The molecule has 0 spiro atoms. The fraction of sp³-hybridized carbons (Fsp3) is 0.364. The van der Waals surface area contributed by atoms with Crippen LogP contribution in [0, 0.1) is 0 Å². The van der Waals surface area contributed by atoms with Crippen molar-refractivity contribution in [3.05, 3.63) is 53.6 Å². The Morgan fingerprint density at radius 1 is 1.07 bits per heavy atom. The van der Waals surface area contributed by atoms with Crippen LogP contribution in [0.3, 0.4) is 0 Å². The van der Waals surface area contributed by atoms with Crippen LogP contribution in [0.2, 0.25) is 0 Å². The maximum absolute atomic E-state index is 12.6. The van der Waals surface area contributed by atoms with Gasteiger partial charge in [-0.1, -0.05) is 18.2 Å². The summed E-state index contributed by atoms with van der Waals surface area (Å²) in [6, 6.07) is 12.5. The van der Waals surface area contributed by atoms with Crippen LogP contribution in [0.25, 0.3) is 0 Å². The van der Waals surface area contributed by atoms with Crippen LogP contribution in [0.1, 0.15) is 29.8 Å². The molecule has 150 valence electrons. The lowest BCUT2D eigenvalue weighted by Crippen LogP contribution is -2.40. The van der Waals surface area contributed by atoms with Gasteiger partial charge in [0.05, 0.1) is 20.3 Å². The van der Waals surface area contributed by atoms with Crippen molar-refractivity contribution in [2.75, 3.05) is 33.1 Å². The van der Waals surface area contributed by atoms with Crippen LogP contribution in [0.4, 0.5) is 5.69 Å². The number of rotatable bonds is 9. The average Bonchev–Trinajstić information content (AvgIpc) is 2.71. The summed E-state index contributed by atoms with van der Waals surface area (Å²) in [5.74, 6) is 1.24. The van der Waals surface area contributed by atoms with E-state index in [1.54, 1.807) is 38.5 Å². The molecular weight excluding hydrogens is 356 g/mol. The van der Waals surface area contributed by atoms with Gasteiger partial charge in [0.1, 0.15) is 0 Å². The molecule has 2 aromatic carbocycles. The molecule has 28 heavy (non-hydrogen) atoms. The third-order valence-corrected chi connectivity index (χ3v) is 4.78. The van der Waals surface area contributed by atoms with Crippen LogP contribution in [-0.2, 0) is 11.2 Å². The highest BCUT2D eigenvalue weighted by atomic mass is 16.5. The maximum atomic E-state index is 12.6. The Bertz CT molecular complexity index is 835. The first-order valence-corrected chi connectivity index (χ1v) is 9.18. The Balaban J connectivity index is 1.94. The molecule has 0 radical (unpaired) electrons. The molecule has 0 aliphatic rings. The SMILES string of the molecule is COc1ccc(CCN(C)C(C)C(=O)Nc2cccc(C(C)=O)c2)cc1OC. The fourth-order valence-corrected chi connectivity index (χ4v) is 2.80. The van der Waals surface area contributed by atoms with Crippen molar-refractivity contribution < 1.29 is 19.1 Å². The lowest BCUT2D eigenvalue weighted by atomic mass is 10.1. The molecule has 2 aromatic rings. The van der Waals surface area contributed by atoms with Gasteiger partial charge in [0.2, 0.25) is 5.91 Å². The van der Waals surface area contributed by atoms with E-state index in [1.807, 2.05) is 37.1 Å². The summed E-state index contributed by atoms with van der Waals surface area (Å²) < 4.78 is 10.6. The molecule has 0 saturated heterocycles. The number of benzene rings is 2. The van der Waals surface area contributed by atoms with E-state index in [-0.39, 0.29) is 17.7 Å². The zero-order valence-electron chi connectivity index (χ0n) is 17.1. The number of hydrogen-bond donors (Lipinski definition) is 1. The van der Waals surface area contributed by atoms with E-state index in [0.29, 0.717) is 29.3 Å². The summed E-state index contributed by atoms with van der Waals surface area (Å²) in [7, 11) is 5.13. The quantitative estimate of drug-likeness (QED) is 0.671. The topological polar surface area (TPSA) is 67.9 Å². The second-order valence-electron chi connectivity index (χ2n) is 6.72. The van der Waals surface area contributed by atoms with E-state index in [4.69, 9.17) is 9.47 Å². The van der Waals surface area contributed by atoms with Gasteiger partial charge >= 0.3 is 0 Å². The van der Waals surface area contributed by atoms with Crippen molar-refractivity contribution in [2.24, 2.45) is 0 Å². The van der Waals surface area contributed by atoms with Gasteiger partial charge in [-0.05, 0) is 57.1 Å². The van der Waals surface area contributed by atoms with Crippen LogP contribution in [-0.4, -0.2) is 50.4 Å². The number of ketones is 1. The number of nitrogens with zero attached hydrogens (tertiary/aromatic N) is 1. The summed E-state index contributed by atoms with van der Waals surface area (Å²) in [5.41, 5.74) is 2.30. The predicted molar refractivity (Wildman–Crippen MR) is 110 cm³/mol. The number of carbonyl (C=O) groups excluding carboxylic acids is 2. The van der Waals surface area contributed by atoms with Gasteiger partial charge in [0, 0.05) is 17.8 Å². The van der Waals surface area contributed by atoms with Crippen LogP contribution in [0.15, 0.2) is 42.5 Å². The fourth-order valence-electron chi connectivity index (χ4n) is 2.80. The van der Waals surface area contributed by atoms with Gasteiger partial charge in [-0.15, -0.1) is 0 Å². The minimum absolute atomic E-state index is 0.0313. The number of anilines is 1. The summed E-state index contributed by atoms with van der Waals surface area (Å²) in [4.78, 5) is 26.0. The van der Waals surface area contributed by atoms with Crippen molar-refractivity contribution in [3.8, 4) is 11.5 Å². The lowest BCUT2D eigenvalue weighted by molar-refractivity contribution is -0.120. The number of amides is 1. The second-order valence-corrected chi connectivity index (χ2v) is 6.72. The molecule has 0 fully saturated rings. The number of nitrogens with one attached hydrogen (secondary N) is 1. The van der Waals surface area contributed by atoms with E-state index >= 15 is 0 Å². The van der Waals surface area contributed by atoms with Crippen LogP contribution >= 0.6 is 0 Å². The second kappa shape index (κ2) is 9.90. The van der Waals surface area contributed by atoms with Gasteiger partial charge in [-0.3, -0.25) is 14.5 Å². The first kappa shape index (κ1) is 21.4. The molecule has 0 aromatic heterocycles. The van der Waals surface area contributed by atoms with E-state index in [9.17, 15) is 9.59 Å². The molecule has 1 atom stereocenters. The van der Waals surface area contributed by atoms with Crippen LogP contribution in [0.5, 0.6) is 11.5 Å². The minimum Gasteiger partial charge on any atom is -0.493 e. The standard InChI is InChI=1S/C22H28N2O4/c1-15(22(26)23-19-8-6-7-18(14-19)16(2)25)24(3)12-11-17-9-10-20(27-4)21(13-17)28-5/h6-10,13-15H,11-12H2,1-5H3,(H,23,26). The van der Waals surface area contributed by atoms with Gasteiger partial charge < -0.3 is 14.8 Å². The highest BCUT2D eigenvalue weighted by molar-refractivity contribution is 5.98. The number of methoxy groups -OCH3 is 2. The van der Waals surface area contributed by atoms with Crippen molar-refractivity contribution >= 4 is 17.4 Å². The number of Topliss-reactive ketones (excluding diaryl/α,β-unsaturated/α-hetero) is 1. The summed E-state index contributed by atoms with van der Waals surface area (Å²) in [6.45, 7) is 4.07. The minimum atomic E-state index is -0.318. The van der Waals surface area contributed by atoms with Crippen molar-refractivity contribution in [1.82, 2.24) is 4.90 Å². The Kier molecular flexibility index (Phi) is 7.58. The predicted octanol–water partition coefficient (Wildman–Crippen LogP) is 3.41. The number of ether oxygens (including phenoxy) is 2. The first-order valence-electron chi connectivity index (χ1n) is 9.18. The summed E-state index contributed by atoms with van der Waals surface area (Å²) in [5, 5.41) is 2.88. The van der Waals surface area contributed by atoms with E-state index in [2.05, 4.69) is 5.32 Å². The Hall–Kier alpha value is -2.86. The van der Waals surface area contributed by atoms with Gasteiger partial charge in [-0.2, -0.15) is 0 Å². The highest BCUT2D eigenvalue weighted by Gasteiger charge is 2.18. The van der Waals surface area contributed by atoms with Gasteiger partial charge in [-0.25, -0.2) is 0 Å². The molecule has 6 nitrogen and oxygen atoms in total. The van der Waals surface area contributed by atoms with Crippen LogP contribution < -0.4 is 14.8 Å². The molecule has 6 heteroatoms. The smallest absolute Gasteiger partial charge is 0.241 e. The van der Waals surface area contributed by atoms with Gasteiger partial charge in [0.15, 0.2) is 17.3 Å². The first-order chi connectivity index (χ1) is 13.3. The number of hydrogen-bond acceptors (Lipinski definition) is 5. The monoisotopic (exact) mass is 384 g/mol. The molecule has 2 rings (SSSR count). The Morgan fingerprint density at radius 2 is 1.79 bits per heavy atom. The van der Waals surface area contributed by atoms with Crippen molar-refractivity contribution in [3.63, 3.8) is 0 Å². The van der Waals surface area contributed by atoms with E-state index < -0.39 is 0 Å². The molecule has 0 heterocycles.